The first-order valence-electron chi connectivity index (χ1n) is 6.16. The zero-order valence-corrected chi connectivity index (χ0v) is 10.9. The molecule has 0 saturated carbocycles. The second-order valence-corrected chi connectivity index (χ2v) is 4.20. The molecule has 0 bridgehead atoms. The average Bonchev–Trinajstić information content (AvgIpc) is 2.35. The van der Waals surface area contributed by atoms with Crippen molar-refractivity contribution < 1.29 is 9.84 Å². The van der Waals surface area contributed by atoms with Crippen molar-refractivity contribution >= 4 is 5.82 Å². The van der Waals surface area contributed by atoms with Crippen molar-refractivity contribution in [3.63, 3.8) is 0 Å². The first-order valence-corrected chi connectivity index (χ1v) is 6.16. The lowest BCUT2D eigenvalue weighted by Gasteiger charge is -2.11. The lowest BCUT2D eigenvalue weighted by Crippen LogP contribution is -2.26. The van der Waals surface area contributed by atoms with E-state index in [0.717, 1.165) is 6.42 Å². The van der Waals surface area contributed by atoms with Gasteiger partial charge in [0.1, 0.15) is 0 Å². The van der Waals surface area contributed by atoms with E-state index < -0.39 is 0 Å². The van der Waals surface area contributed by atoms with Crippen molar-refractivity contribution in [1.82, 2.24) is 9.55 Å². The number of hydrogen-bond donors (Lipinski definition) is 2. The molecule has 0 fully saturated rings. The van der Waals surface area contributed by atoms with Gasteiger partial charge in [-0.1, -0.05) is 0 Å². The number of rotatable bonds is 8. The van der Waals surface area contributed by atoms with Gasteiger partial charge in [-0.3, -0.25) is 4.79 Å². The van der Waals surface area contributed by atoms with Gasteiger partial charge in [0.05, 0.1) is 13.2 Å². The van der Waals surface area contributed by atoms with Gasteiger partial charge in [0.2, 0.25) is 0 Å². The molecule has 0 atom stereocenters. The highest BCUT2D eigenvalue weighted by Crippen LogP contribution is 2.01. The second-order valence-electron chi connectivity index (χ2n) is 4.20. The van der Waals surface area contributed by atoms with Crippen LogP contribution in [0.15, 0.2) is 17.2 Å². The van der Waals surface area contributed by atoms with Gasteiger partial charge in [-0.2, -0.15) is 0 Å². The molecule has 0 amide bonds. The Morgan fingerprint density at radius 1 is 1.50 bits per heavy atom. The lowest BCUT2D eigenvalue weighted by molar-refractivity contribution is 0.0922. The maximum atomic E-state index is 12.0. The Bertz CT molecular complexity index is 404. The highest BCUT2D eigenvalue weighted by molar-refractivity contribution is 5.30. The number of aliphatic hydroxyl groups is 1. The summed E-state index contributed by atoms with van der Waals surface area (Å²) in [6.45, 7) is 5.47. The highest BCUT2D eigenvalue weighted by atomic mass is 16.5. The number of nitrogens with one attached hydrogen (secondary N) is 1. The van der Waals surface area contributed by atoms with E-state index in [1.54, 1.807) is 17.0 Å². The smallest absolute Gasteiger partial charge is 0.293 e. The number of aliphatic hydroxyl groups excluding tert-OH is 1. The number of aromatic nitrogens is 2. The summed E-state index contributed by atoms with van der Waals surface area (Å²) >= 11 is 0. The van der Waals surface area contributed by atoms with E-state index in [4.69, 9.17) is 9.84 Å². The van der Waals surface area contributed by atoms with Crippen LogP contribution in [-0.4, -0.2) is 41.0 Å². The summed E-state index contributed by atoms with van der Waals surface area (Å²) in [5.41, 5.74) is -0.108. The maximum absolute atomic E-state index is 12.0. The predicted octanol–water partition coefficient (Wildman–Crippen LogP) is 0.635. The van der Waals surface area contributed by atoms with Crippen molar-refractivity contribution in [2.75, 3.05) is 31.7 Å². The summed E-state index contributed by atoms with van der Waals surface area (Å²) in [6.07, 6.45) is 4.06. The minimum atomic E-state index is -0.108. The molecule has 1 aromatic heterocycles. The topological polar surface area (TPSA) is 76.4 Å². The summed E-state index contributed by atoms with van der Waals surface area (Å²) in [6, 6.07) is 0.119. The third kappa shape index (κ3) is 4.46. The SMILES string of the molecule is CC(C)n1ccnc(NCCCOCCO)c1=O. The first-order chi connectivity index (χ1) is 8.66. The molecule has 6 nitrogen and oxygen atoms in total. The van der Waals surface area contributed by atoms with E-state index in [9.17, 15) is 4.79 Å². The molecular formula is C12H21N3O3. The zero-order chi connectivity index (χ0) is 13.4. The summed E-state index contributed by atoms with van der Waals surface area (Å²) < 4.78 is 6.76. The molecule has 0 saturated heterocycles. The van der Waals surface area contributed by atoms with Gasteiger partial charge < -0.3 is 19.7 Å². The number of ether oxygens (including phenoxy) is 1. The lowest BCUT2D eigenvalue weighted by atomic mass is 10.4. The Balaban J connectivity index is 2.43. The van der Waals surface area contributed by atoms with Crippen LogP contribution in [-0.2, 0) is 4.74 Å². The van der Waals surface area contributed by atoms with E-state index in [0.29, 0.717) is 25.6 Å². The molecule has 0 spiro atoms. The molecule has 0 aliphatic rings. The predicted molar refractivity (Wildman–Crippen MR) is 69.9 cm³/mol. The monoisotopic (exact) mass is 255 g/mol. The molecule has 0 aromatic carbocycles. The van der Waals surface area contributed by atoms with E-state index in [2.05, 4.69) is 10.3 Å². The van der Waals surface area contributed by atoms with Crippen LogP contribution < -0.4 is 10.9 Å². The van der Waals surface area contributed by atoms with Crippen LogP contribution in [0.2, 0.25) is 0 Å². The maximum Gasteiger partial charge on any atom is 0.293 e. The largest absolute Gasteiger partial charge is 0.394 e. The Morgan fingerprint density at radius 3 is 2.94 bits per heavy atom. The van der Waals surface area contributed by atoms with E-state index >= 15 is 0 Å². The fourth-order valence-corrected chi connectivity index (χ4v) is 1.50. The van der Waals surface area contributed by atoms with Crippen LogP contribution in [0.25, 0.3) is 0 Å². The Kier molecular flexibility index (Phi) is 6.38. The molecule has 1 aromatic rings. The van der Waals surface area contributed by atoms with Gasteiger partial charge in [0, 0.05) is 31.6 Å². The number of anilines is 1. The van der Waals surface area contributed by atoms with Gasteiger partial charge in [-0.25, -0.2) is 4.98 Å². The van der Waals surface area contributed by atoms with Crippen LogP contribution in [0, 0.1) is 0 Å². The standard InChI is InChI=1S/C12H21N3O3/c1-10(2)15-6-5-14-11(12(15)17)13-4-3-8-18-9-7-16/h5-6,10,16H,3-4,7-9H2,1-2H3,(H,13,14). The fraction of sp³-hybridized carbons (Fsp3) is 0.667. The van der Waals surface area contributed by atoms with Crippen LogP contribution in [0.5, 0.6) is 0 Å². The summed E-state index contributed by atoms with van der Waals surface area (Å²) in [5, 5.41) is 11.5. The fourth-order valence-electron chi connectivity index (χ4n) is 1.50. The first kappa shape index (κ1) is 14.7. The van der Waals surface area contributed by atoms with Crippen molar-refractivity contribution in [3.05, 3.63) is 22.7 Å². The van der Waals surface area contributed by atoms with Gasteiger partial charge in [-0.05, 0) is 20.3 Å². The Hall–Kier alpha value is -1.40. The Morgan fingerprint density at radius 2 is 2.28 bits per heavy atom. The third-order valence-electron chi connectivity index (χ3n) is 2.42. The second kappa shape index (κ2) is 7.84. The summed E-state index contributed by atoms with van der Waals surface area (Å²) in [5.74, 6) is 0.369. The molecule has 0 aliphatic heterocycles. The molecule has 2 N–H and O–H groups in total. The average molecular weight is 255 g/mol. The van der Waals surface area contributed by atoms with Crippen LogP contribution >= 0.6 is 0 Å². The van der Waals surface area contributed by atoms with Crippen LogP contribution in [0.4, 0.5) is 5.82 Å². The van der Waals surface area contributed by atoms with Gasteiger partial charge in [-0.15, -0.1) is 0 Å². The van der Waals surface area contributed by atoms with Crippen molar-refractivity contribution in [3.8, 4) is 0 Å². The molecule has 102 valence electrons. The van der Waals surface area contributed by atoms with E-state index in [1.165, 1.54) is 0 Å². The molecular weight excluding hydrogens is 234 g/mol. The minimum absolute atomic E-state index is 0.0345. The molecule has 1 rings (SSSR count). The molecule has 18 heavy (non-hydrogen) atoms. The summed E-state index contributed by atoms with van der Waals surface area (Å²) in [7, 11) is 0. The molecule has 0 aliphatic carbocycles. The van der Waals surface area contributed by atoms with Crippen molar-refractivity contribution in [1.29, 1.82) is 0 Å². The van der Waals surface area contributed by atoms with E-state index in [1.807, 2.05) is 13.8 Å². The molecule has 6 heteroatoms. The third-order valence-corrected chi connectivity index (χ3v) is 2.42. The molecule has 0 unspecified atom stereocenters. The van der Waals surface area contributed by atoms with Gasteiger partial charge in [0.15, 0.2) is 5.82 Å². The molecule has 0 radical (unpaired) electrons. The van der Waals surface area contributed by atoms with Gasteiger partial charge in [0.25, 0.3) is 5.56 Å². The minimum Gasteiger partial charge on any atom is -0.394 e. The number of nitrogens with zero attached hydrogens (tertiary/aromatic N) is 2. The summed E-state index contributed by atoms with van der Waals surface area (Å²) in [4.78, 5) is 16.0. The van der Waals surface area contributed by atoms with Gasteiger partial charge >= 0.3 is 0 Å². The highest BCUT2D eigenvalue weighted by Gasteiger charge is 2.05. The van der Waals surface area contributed by atoms with Crippen LogP contribution in [0.1, 0.15) is 26.3 Å². The van der Waals surface area contributed by atoms with Crippen molar-refractivity contribution in [2.24, 2.45) is 0 Å². The van der Waals surface area contributed by atoms with E-state index in [-0.39, 0.29) is 18.2 Å². The Labute approximate surface area is 107 Å². The number of hydrogen-bond acceptors (Lipinski definition) is 5. The zero-order valence-electron chi connectivity index (χ0n) is 10.9. The normalized spacial score (nSPS) is 10.9. The van der Waals surface area contributed by atoms with Crippen LogP contribution in [0.3, 0.4) is 0 Å². The molecule has 1 heterocycles. The van der Waals surface area contributed by atoms with Crippen molar-refractivity contribution in [2.45, 2.75) is 26.3 Å². The quantitative estimate of drug-likeness (QED) is 0.666.